The quantitative estimate of drug-likeness (QED) is 0.840. The van der Waals surface area contributed by atoms with E-state index in [0.717, 1.165) is 0 Å². The summed E-state index contributed by atoms with van der Waals surface area (Å²) in [4.78, 5) is 20.0. The first kappa shape index (κ1) is 15.9. The molecule has 2 aliphatic rings. The molecule has 5 nitrogen and oxygen atoms in total. The molecule has 0 aromatic heterocycles. The van der Waals surface area contributed by atoms with Gasteiger partial charge < -0.3 is 14.5 Å². The van der Waals surface area contributed by atoms with E-state index in [0.29, 0.717) is 24.4 Å². The molecule has 0 saturated carbocycles. The molecule has 124 valence electrons. The first-order chi connectivity index (χ1) is 10.9. The molecule has 1 amide bonds. The van der Waals surface area contributed by atoms with Crippen molar-refractivity contribution in [3.8, 4) is 0 Å². The summed E-state index contributed by atoms with van der Waals surface area (Å²) in [5.74, 6) is -0.491. The van der Waals surface area contributed by atoms with Crippen LogP contribution in [0.15, 0.2) is 29.4 Å². The van der Waals surface area contributed by atoms with Crippen LogP contribution in [0.3, 0.4) is 0 Å². The van der Waals surface area contributed by atoms with Crippen LogP contribution in [0.2, 0.25) is 0 Å². The van der Waals surface area contributed by atoms with Gasteiger partial charge in [-0.2, -0.15) is 0 Å². The van der Waals surface area contributed by atoms with Crippen molar-refractivity contribution in [2.75, 3.05) is 13.1 Å². The molecule has 0 unspecified atom stereocenters. The van der Waals surface area contributed by atoms with Crippen LogP contribution in [0.1, 0.15) is 32.8 Å². The Morgan fingerprint density at radius 3 is 2.61 bits per heavy atom. The van der Waals surface area contributed by atoms with E-state index >= 15 is 0 Å². The topological polar surface area (TPSA) is 51.1 Å². The zero-order valence-electron chi connectivity index (χ0n) is 13.6. The zero-order chi connectivity index (χ0) is 16.6. The van der Waals surface area contributed by atoms with Gasteiger partial charge in [-0.25, -0.2) is 4.39 Å². The van der Waals surface area contributed by atoms with Gasteiger partial charge in [0.1, 0.15) is 5.82 Å². The maximum Gasteiger partial charge on any atom is 0.269 e. The minimum Gasteiger partial charge on any atom is -0.379 e. The molecule has 6 heteroatoms. The molecule has 3 rings (SSSR count). The summed E-state index contributed by atoms with van der Waals surface area (Å²) in [6.45, 7) is 6.63. The van der Waals surface area contributed by atoms with Gasteiger partial charge in [0.2, 0.25) is 5.60 Å². The van der Waals surface area contributed by atoms with E-state index in [4.69, 9.17) is 9.57 Å². The lowest BCUT2D eigenvalue weighted by Gasteiger charge is -2.38. The molecule has 0 N–H and O–H groups in total. The number of hydrogen-bond donors (Lipinski definition) is 0. The van der Waals surface area contributed by atoms with Crippen LogP contribution in [-0.4, -0.2) is 47.4 Å². The van der Waals surface area contributed by atoms with Crippen molar-refractivity contribution < 1.29 is 18.8 Å². The largest absolute Gasteiger partial charge is 0.379 e. The number of oxime groups is 1. The van der Waals surface area contributed by atoms with Gasteiger partial charge in [0.15, 0.2) is 0 Å². The number of benzene rings is 1. The summed E-state index contributed by atoms with van der Waals surface area (Å²) < 4.78 is 19.6. The Labute approximate surface area is 135 Å². The lowest BCUT2D eigenvalue weighted by molar-refractivity contribution is -0.164. The molecular weight excluding hydrogens is 299 g/mol. The van der Waals surface area contributed by atoms with Crippen LogP contribution in [-0.2, 0) is 14.4 Å². The zero-order valence-corrected chi connectivity index (χ0v) is 13.6. The van der Waals surface area contributed by atoms with E-state index in [1.165, 1.54) is 6.07 Å². The third-order valence-corrected chi connectivity index (χ3v) is 4.21. The molecule has 3 atom stereocenters. The van der Waals surface area contributed by atoms with Crippen molar-refractivity contribution in [3.63, 3.8) is 0 Å². The smallest absolute Gasteiger partial charge is 0.269 e. The Morgan fingerprint density at radius 2 is 1.96 bits per heavy atom. The van der Waals surface area contributed by atoms with E-state index in [-0.39, 0.29) is 30.4 Å². The van der Waals surface area contributed by atoms with Crippen LogP contribution in [0.4, 0.5) is 4.39 Å². The molecular formula is C17H21FN2O3. The predicted molar refractivity (Wildman–Crippen MR) is 83.6 cm³/mol. The summed E-state index contributed by atoms with van der Waals surface area (Å²) in [5, 5.41) is 3.97. The predicted octanol–water partition coefficient (Wildman–Crippen LogP) is 2.34. The highest BCUT2D eigenvalue weighted by Gasteiger charge is 2.46. The van der Waals surface area contributed by atoms with Gasteiger partial charge in [0.05, 0.1) is 17.9 Å². The van der Waals surface area contributed by atoms with E-state index in [1.54, 1.807) is 30.0 Å². The molecule has 1 aromatic rings. The second-order valence-corrected chi connectivity index (χ2v) is 6.48. The number of morpholine rings is 1. The van der Waals surface area contributed by atoms with Gasteiger partial charge in [0.25, 0.3) is 5.91 Å². The Balaban J connectivity index is 1.75. The van der Waals surface area contributed by atoms with Crippen molar-refractivity contribution in [2.24, 2.45) is 5.16 Å². The number of ether oxygens (including phenoxy) is 1. The summed E-state index contributed by atoms with van der Waals surface area (Å²) in [6.07, 6.45) is 0.228. The molecule has 2 aliphatic heterocycles. The molecule has 0 radical (unpaired) electrons. The summed E-state index contributed by atoms with van der Waals surface area (Å²) in [7, 11) is 0. The van der Waals surface area contributed by atoms with Crippen molar-refractivity contribution in [2.45, 2.75) is 45.0 Å². The van der Waals surface area contributed by atoms with Crippen molar-refractivity contribution in [1.82, 2.24) is 4.90 Å². The van der Waals surface area contributed by atoms with Gasteiger partial charge in [-0.15, -0.1) is 0 Å². The minimum atomic E-state index is -1.09. The molecule has 0 bridgehead atoms. The Morgan fingerprint density at radius 1 is 1.30 bits per heavy atom. The fourth-order valence-corrected chi connectivity index (χ4v) is 3.17. The minimum absolute atomic E-state index is 0.0142. The lowest BCUT2D eigenvalue weighted by Crippen LogP contribution is -2.55. The van der Waals surface area contributed by atoms with Crippen molar-refractivity contribution in [3.05, 3.63) is 35.6 Å². The first-order valence-electron chi connectivity index (χ1n) is 7.84. The number of halogens is 1. The molecule has 1 fully saturated rings. The lowest BCUT2D eigenvalue weighted by atomic mass is 9.94. The van der Waals surface area contributed by atoms with Crippen LogP contribution in [0.25, 0.3) is 0 Å². The molecule has 0 aliphatic carbocycles. The van der Waals surface area contributed by atoms with E-state index in [2.05, 4.69) is 5.16 Å². The number of carbonyl (C=O) groups excluding carboxylic acids is 1. The summed E-state index contributed by atoms with van der Waals surface area (Å²) in [5.41, 5.74) is -0.241. The van der Waals surface area contributed by atoms with Crippen LogP contribution in [0, 0.1) is 5.82 Å². The average molecular weight is 320 g/mol. The maximum absolute atomic E-state index is 13.9. The summed E-state index contributed by atoms with van der Waals surface area (Å²) in [6, 6.07) is 6.38. The third kappa shape index (κ3) is 3.08. The van der Waals surface area contributed by atoms with Gasteiger partial charge in [-0.3, -0.25) is 4.79 Å². The molecule has 0 spiro atoms. The Kier molecular flexibility index (Phi) is 4.10. The van der Waals surface area contributed by atoms with Crippen molar-refractivity contribution >= 4 is 11.6 Å². The van der Waals surface area contributed by atoms with E-state index in [9.17, 15) is 9.18 Å². The van der Waals surface area contributed by atoms with Gasteiger partial charge >= 0.3 is 0 Å². The highest BCUT2D eigenvalue weighted by molar-refractivity contribution is 6.05. The Hall–Kier alpha value is -1.95. The fourth-order valence-electron chi connectivity index (χ4n) is 3.17. The highest BCUT2D eigenvalue weighted by Crippen LogP contribution is 2.30. The first-order valence-corrected chi connectivity index (χ1v) is 7.84. The summed E-state index contributed by atoms with van der Waals surface area (Å²) >= 11 is 0. The third-order valence-electron chi connectivity index (χ3n) is 4.21. The number of amides is 1. The molecule has 23 heavy (non-hydrogen) atoms. The molecule has 1 saturated heterocycles. The maximum atomic E-state index is 13.9. The van der Waals surface area contributed by atoms with Crippen LogP contribution in [0.5, 0.6) is 0 Å². The van der Waals surface area contributed by atoms with Gasteiger partial charge in [0, 0.05) is 25.1 Å². The van der Waals surface area contributed by atoms with E-state index < -0.39 is 5.60 Å². The van der Waals surface area contributed by atoms with Crippen molar-refractivity contribution in [1.29, 1.82) is 0 Å². The monoisotopic (exact) mass is 320 g/mol. The fraction of sp³-hybridized carbons (Fsp3) is 0.529. The van der Waals surface area contributed by atoms with E-state index in [1.807, 2.05) is 13.8 Å². The van der Waals surface area contributed by atoms with Gasteiger partial charge in [-0.1, -0.05) is 23.4 Å². The normalized spacial score (nSPS) is 30.8. The number of rotatable bonds is 2. The SMILES string of the molecule is C[C@@H]1CN(C(=O)[C@@]2(C)CC(c3ccccc3F)=NO2)C[C@@H](C)O1. The number of hydrogen-bond acceptors (Lipinski definition) is 4. The molecule has 2 heterocycles. The number of nitrogens with zero attached hydrogens (tertiary/aromatic N) is 2. The van der Waals surface area contributed by atoms with Crippen LogP contribution >= 0.6 is 0 Å². The molecule has 1 aromatic carbocycles. The second-order valence-electron chi connectivity index (χ2n) is 6.48. The van der Waals surface area contributed by atoms with Gasteiger partial charge in [-0.05, 0) is 26.8 Å². The highest BCUT2D eigenvalue weighted by atomic mass is 19.1. The number of carbonyl (C=O) groups is 1. The second kappa shape index (κ2) is 5.92. The average Bonchev–Trinajstić information content (AvgIpc) is 2.89. The Bertz CT molecular complexity index is 638. The standard InChI is InChI=1S/C17H21FN2O3/c1-11-9-20(10-12(2)22-11)16(21)17(3)8-15(19-23-17)13-6-4-5-7-14(13)18/h4-7,11-12H,8-10H2,1-3H3/t11-,12-,17-/m1/s1. The van der Waals surface area contributed by atoms with Crippen LogP contribution < -0.4 is 0 Å².